The summed E-state index contributed by atoms with van der Waals surface area (Å²) in [5.74, 6) is 0.773. The van der Waals surface area contributed by atoms with E-state index in [1.807, 2.05) is 29.2 Å². The number of carbonyl (C=O) groups is 1. The number of nitrogens with two attached hydrogens (primary N) is 1. The molecule has 4 heteroatoms. The molecule has 2 rings (SSSR count). The van der Waals surface area contributed by atoms with E-state index in [1.54, 1.807) is 0 Å². The van der Waals surface area contributed by atoms with Crippen molar-refractivity contribution in [1.82, 2.24) is 4.90 Å². The number of para-hydroxylation sites is 1. The molecule has 1 aromatic carbocycles. The van der Waals surface area contributed by atoms with Gasteiger partial charge in [0.2, 0.25) is 0 Å². The van der Waals surface area contributed by atoms with Crippen LogP contribution in [0.4, 0.5) is 0 Å². The summed E-state index contributed by atoms with van der Waals surface area (Å²) in [5, 5.41) is 0. The summed E-state index contributed by atoms with van der Waals surface area (Å²) in [6.07, 6.45) is 6.42. The number of hydrogen-bond donors (Lipinski definition) is 1. The highest BCUT2D eigenvalue weighted by Crippen LogP contribution is 2.22. The SMILES string of the molecule is CCCCCCOc1ccccc1C(=O)N1CCC(N)CC1. The normalized spacial score (nSPS) is 15.8. The zero-order valence-electron chi connectivity index (χ0n) is 13.6. The van der Waals surface area contributed by atoms with Gasteiger partial charge >= 0.3 is 0 Å². The van der Waals surface area contributed by atoms with Gasteiger partial charge in [0.1, 0.15) is 5.75 Å². The van der Waals surface area contributed by atoms with Gasteiger partial charge in [-0.25, -0.2) is 0 Å². The first-order chi connectivity index (χ1) is 10.7. The summed E-state index contributed by atoms with van der Waals surface area (Å²) >= 11 is 0. The third-order valence-electron chi connectivity index (χ3n) is 4.20. The Morgan fingerprint density at radius 1 is 1.23 bits per heavy atom. The Bertz CT molecular complexity index is 468. The Balaban J connectivity index is 1.93. The average Bonchev–Trinajstić information content (AvgIpc) is 2.55. The molecular weight excluding hydrogens is 276 g/mol. The Morgan fingerprint density at radius 3 is 2.68 bits per heavy atom. The van der Waals surface area contributed by atoms with Crippen molar-refractivity contribution >= 4 is 5.91 Å². The standard InChI is InChI=1S/C18H28N2O2/c1-2-3-4-7-14-22-17-9-6-5-8-16(17)18(21)20-12-10-15(19)11-13-20/h5-6,8-9,15H,2-4,7,10-14,19H2,1H3. The van der Waals surface area contributed by atoms with E-state index >= 15 is 0 Å². The van der Waals surface area contributed by atoms with Crippen LogP contribution in [0.2, 0.25) is 0 Å². The van der Waals surface area contributed by atoms with E-state index < -0.39 is 0 Å². The second-order valence-corrected chi connectivity index (χ2v) is 6.03. The van der Waals surface area contributed by atoms with E-state index in [1.165, 1.54) is 19.3 Å². The molecule has 4 nitrogen and oxygen atoms in total. The number of likely N-dealkylation sites (tertiary alicyclic amines) is 1. The van der Waals surface area contributed by atoms with Crippen molar-refractivity contribution < 1.29 is 9.53 Å². The van der Waals surface area contributed by atoms with Gasteiger partial charge in [-0.15, -0.1) is 0 Å². The summed E-state index contributed by atoms with van der Waals surface area (Å²) in [4.78, 5) is 14.6. The number of hydrogen-bond acceptors (Lipinski definition) is 3. The van der Waals surface area contributed by atoms with Crippen LogP contribution in [-0.2, 0) is 0 Å². The van der Waals surface area contributed by atoms with Crippen LogP contribution >= 0.6 is 0 Å². The third kappa shape index (κ3) is 4.73. The van der Waals surface area contributed by atoms with Crippen LogP contribution in [0.15, 0.2) is 24.3 Å². The largest absolute Gasteiger partial charge is 0.493 e. The molecule has 1 fully saturated rings. The molecule has 0 aliphatic carbocycles. The summed E-state index contributed by atoms with van der Waals surface area (Å²) < 4.78 is 5.84. The van der Waals surface area contributed by atoms with Crippen molar-refractivity contribution in [2.24, 2.45) is 5.73 Å². The van der Waals surface area contributed by atoms with Gasteiger partial charge in [0.15, 0.2) is 0 Å². The molecule has 0 bridgehead atoms. The quantitative estimate of drug-likeness (QED) is 0.787. The first kappa shape index (κ1) is 16.8. The van der Waals surface area contributed by atoms with Crippen molar-refractivity contribution in [3.05, 3.63) is 29.8 Å². The minimum absolute atomic E-state index is 0.0658. The third-order valence-corrected chi connectivity index (χ3v) is 4.20. The van der Waals surface area contributed by atoms with Gasteiger partial charge in [-0.05, 0) is 31.4 Å². The van der Waals surface area contributed by atoms with E-state index in [9.17, 15) is 4.79 Å². The Labute approximate surface area is 133 Å². The number of rotatable bonds is 7. The van der Waals surface area contributed by atoms with Crippen molar-refractivity contribution in [1.29, 1.82) is 0 Å². The number of benzene rings is 1. The first-order valence-corrected chi connectivity index (χ1v) is 8.49. The van der Waals surface area contributed by atoms with Crippen LogP contribution in [0.5, 0.6) is 5.75 Å². The molecule has 1 aromatic rings. The summed E-state index contributed by atoms with van der Waals surface area (Å²) in [6, 6.07) is 7.80. The number of carbonyl (C=O) groups excluding carboxylic acids is 1. The van der Waals surface area contributed by atoms with E-state index in [4.69, 9.17) is 10.5 Å². The Hall–Kier alpha value is -1.55. The lowest BCUT2D eigenvalue weighted by Gasteiger charge is -2.30. The van der Waals surface area contributed by atoms with Crippen LogP contribution in [-0.4, -0.2) is 36.5 Å². The van der Waals surface area contributed by atoms with Gasteiger partial charge in [-0.2, -0.15) is 0 Å². The lowest BCUT2D eigenvalue weighted by Crippen LogP contribution is -2.42. The number of nitrogens with zero attached hydrogens (tertiary/aromatic N) is 1. The highest BCUT2D eigenvalue weighted by atomic mass is 16.5. The highest BCUT2D eigenvalue weighted by Gasteiger charge is 2.23. The molecule has 1 aliphatic heterocycles. The fraction of sp³-hybridized carbons (Fsp3) is 0.611. The fourth-order valence-electron chi connectivity index (χ4n) is 2.75. The van der Waals surface area contributed by atoms with Crippen molar-refractivity contribution in [2.75, 3.05) is 19.7 Å². The molecular formula is C18H28N2O2. The van der Waals surface area contributed by atoms with Gasteiger partial charge in [0.05, 0.1) is 12.2 Å². The highest BCUT2D eigenvalue weighted by molar-refractivity contribution is 5.97. The summed E-state index contributed by atoms with van der Waals surface area (Å²) in [5.41, 5.74) is 6.58. The molecule has 0 atom stereocenters. The predicted octanol–water partition coefficient (Wildman–Crippen LogP) is 3.21. The van der Waals surface area contributed by atoms with Gasteiger partial charge < -0.3 is 15.4 Å². The van der Waals surface area contributed by atoms with E-state index in [2.05, 4.69) is 6.92 Å². The minimum atomic E-state index is 0.0658. The second-order valence-electron chi connectivity index (χ2n) is 6.03. The first-order valence-electron chi connectivity index (χ1n) is 8.49. The second kappa shape index (κ2) is 8.79. The maximum absolute atomic E-state index is 12.7. The van der Waals surface area contributed by atoms with Crippen molar-refractivity contribution in [3.63, 3.8) is 0 Å². The van der Waals surface area contributed by atoms with Crippen LogP contribution < -0.4 is 10.5 Å². The maximum atomic E-state index is 12.7. The Morgan fingerprint density at radius 2 is 1.95 bits per heavy atom. The molecule has 1 heterocycles. The molecule has 0 spiro atoms. The number of ether oxygens (including phenoxy) is 1. The molecule has 0 radical (unpaired) electrons. The van der Waals surface area contributed by atoms with E-state index in [0.29, 0.717) is 17.9 Å². The van der Waals surface area contributed by atoms with E-state index in [0.717, 1.165) is 32.4 Å². The van der Waals surface area contributed by atoms with Gasteiger partial charge in [-0.1, -0.05) is 38.3 Å². The van der Waals surface area contributed by atoms with Crippen LogP contribution in [0, 0.1) is 0 Å². The molecule has 122 valence electrons. The molecule has 1 amide bonds. The predicted molar refractivity (Wildman–Crippen MR) is 89.2 cm³/mol. The molecule has 1 aliphatic rings. The van der Waals surface area contributed by atoms with E-state index in [-0.39, 0.29) is 11.9 Å². The molecule has 0 aromatic heterocycles. The number of unbranched alkanes of at least 4 members (excludes halogenated alkanes) is 3. The summed E-state index contributed by atoms with van der Waals surface area (Å²) in [6.45, 7) is 4.35. The lowest BCUT2D eigenvalue weighted by molar-refractivity contribution is 0.0710. The summed E-state index contributed by atoms with van der Waals surface area (Å²) in [7, 11) is 0. The smallest absolute Gasteiger partial charge is 0.257 e. The lowest BCUT2D eigenvalue weighted by atomic mass is 10.0. The van der Waals surface area contributed by atoms with Gasteiger partial charge in [0, 0.05) is 19.1 Å². The van der Waals surface area contributed by atoms with Crippen LogP contribution in [0.25, 0.3) is 0 Å². The fourth-order valence-corrected chi connectivity index (χ4v) is 2.75. The number of amides is 1. The van der Waals surface area contributed by atoms with Crippen molar-refractivity contribution in [3.8, 4) is 5.75 Å². The van der Waals surface area contributed by atoms with Gasteiger partial charge in [-0.3, -0.25) is 4.79 Å². The molecule has 0 unspecified atom stereocenters. The van der Waals surface area contributed by atoms with Crippen LogP contribution in [0.1, 0.15) is 55.8 Å². The molecule has 0 saturated carbocycles. The van der Waals surface area contributed by atoms with Gasteiger partial charge in [0.25, 0.3) is 5.91 Å². The zero-order chi connectivity index (χ0) is 15.8. The molecule has 22 heavy (non-hydrogen) atoms. The molecule has 1 saturated heterocycles. The molecule has 2 N–H and O–H groups in total. The zero-order valence-corrected chi connectivity index (χ0v) is 13.6. The van der Waals surface area contributed by atoms with Crippen LogP contribution in [0.3, 0.4) is 0 Å². The minimum Gasteiger partial charge on any atom is -0.493 e. The monoisotopic (exact) mass is 304 g/mol. The average molecular weight is 304 g/mol. The van der Waals surface area contributed by atoms with Crippen molar-refractivity contribution in [2.45, 2.75) is 51.5 Å². The maximum Gasteiger partial charge on any atom is 0.257 e. The number of piperidine rings is 1. The Kier molecular flexibility index (Phi) is 6.72. The topological polar surface area (TPSA) is 55.6 Å².